The third-order valence-electron chi connectivity index (χ3n) is 3.90. The lowest BCUT2D eigenvalue weighted by atomic mass is 10.1. The number of nitrogens with zero attached hydrogens (tertiary/aromatic N) is 2. The summed E-state index contributed by atoms with van der Waals surface area (Å²) in [6.45, 7) is 7.73. The van der Waals surface area contributed by atoms with E-state index in [2.05, 4.69) is 10.2 Å². The zero-order chi connectivity index (χ0) is 21.3. The van der Waals surface area contributed by atoms with Gasteiger partial charge in [-0.15, -0.1) is 10.1 Å². The molecular weight excluding hydrogens is 366 g/mol. The Morgan fingerprint density at radius 3 is 2.46 bits per heavy atom. The molecule has 3 unspecified atom stereocenters. The van der Waals surface area contributed by atoms with Crippen molar-refractivity contribution in [2.75, 3.05) is 20.1 Å². The minimum Gasteiger partial charge on any atom is -0.487 e. The molecule has 1 aromatic rings. The number of para-hydroxylation sites is 1. The number of β-amino-alcohol motifs (C(OH)–C–C–N with tert-alkyl or cyclic N) is 1. The predicted octanol–water partition coefficient (Wildman–Crippen LogP) is 1.63. The van der Waals surface area contributed by atoms with Crippen LogP contribution in [0.4, 0.5) is 0 Å². The van der Waals surface area contributed by atoms with E-state index >= 15 is 0 Å². The highest BCUT2D eigenvalue weighted by molar-refractivity contribution is 5.76. The number of nitrogens with one attached hydrogen (secondary N) is 1. The van der Waals surface area contributed by atoms with Crippen molar-refractivity contribution in [1.29, 1.82) is 0 Å². The van der Waals surface area contributed by atoms with E-state index in [4.69, 9.17) is 4.74 Å². The molecule has 0 aliphatic heterocycles. The van der Waals surface area contributed by atoms with Crippen molar-refractivity contribution in [2.24, 2.45) is 0 Å². The molecule has 0 saturated heterocycles. The molecule has 9 nitrogen and oxygen atoms in total. The van der Waals surface area contributed by atoms with Crippen LogP contribution >= 0.6 is 0 Å². The lowest BCUT2D eigenvalue weighted by Gasteiger charge is -2.29. The van der Waals surface area contributed by atoms with Gasteiger partial charge in [-0.1, -0.05) is 18.2 Å². The Balaban J connectivity index is 2.77. The highest BCUT2D eigenvalue weighted by Crippen LogP contribution is 2.16. The molecule has 9 heteroatoms. The standard InChI is InChI=1S/C19H31N3O6/c1-14(28-22(25)26)13-21(5)18(24)11-17(16(23)12-20-19(2,3)4)27-15-9-7-6-8-10-15/h6-10,14,16-17,20,23H,11-13H2,1-5H3. The van der Waals surface area contributed by atoms with Crippen LogP contribution < -0.4 is 10.1 Å². The number of hydrogen-bond donors (Lipinski definition) is 2. The van der Waals surface area contributed by atoms with Gasteiger partial charge >= 0.3 is 0 Å². The molecule has 0 heterocycles. The van der Waals surface area contributed by atoms with E-state index in [1.165, 1.54) is 18.9 Å². The Hall–Kier alpha value is -2.39. The molecule has 0 saturated carbocycles. The first-order valence-electron chi connectivity index (χ1n) is 9.18. The summed E-state index contributed by atoms with van der Waals surface area (Å²) in [6.07, 6.45) is -2.54. The van der Waals surface area contributed by atoms with Crippen LogP contribution in [0.15, 0.2) is 30.3 Å². The van der Waals surface area contributed by atoms with Gasteiger partial charge in [0, 0.05) is 25.7 Å². The Labute approximate surface area is 165 Å². The van der Waals surface area contributed by atoms with Gasteiger partial charge in [0.25, 0.3) is 5.09 Å². The summed E-state index contributed by atoms with van der Waals surface area (Å²) in [5.41, 5.74) is -0.200. The van der Waals surface area contributed by atoms with Crippen molar-refractivity contribution in [2.45, 2.75) is 58.0 Å². The molecule has 2 N–H and O–H groups in total. The average molecular weight is 397 g/mol. The van der Waals surface area contributed by atoms with Crippen molar-refractivity contribution >= 4 is 5.91 Å². The van der Waals surface area contributed by atoms with Crippen LogP contribution in [0.5, 0.6) is 5.75 Å². The van der Waals surface area contributed by atoms with Gasteiger partial charge in [-0.2, -0.15) is 0 Å². The summed E-state index contributed by atoms with van der Waals surface area (Å²) in [5, 5.41) is 23.3. The Bertz CT molecular complexity index is 620. The van der Waals surface area contributed by atoms with E-state index in [0.717, 1.165) is 0 Å². The van der Waals surface area contributed by atoms with E-state index in [0.29, 0.717) is 5.75 Å². The molecule has 0 bridgehead atoms. The maximum absolute atomic E-state index is 12.6. The quantitative estimate of drug-likeness (QED) is 0.431. The number of benzene rings is 1. The Morgan fingerprint density at radius 1 is 1.32 bits per heavy atom. The molecule has 0 aliphatic carbocycles. The van der Waals surface area contributed by atoms with Gasteiger partial charge in [-0.25, -0.2) is 0 Å². The molecule has 3 atom stereocenters. The molecule has 1 aromatic carbocycles. The highest BCUT2D eigenvalue weighted by Gasteiger charge is 2.27. The van der Waals surface area contributed by atoms with Crippen LogP contribution in [-0.4, -0.2) is 65.0 Å². The zero-order valence-corrected chi connectivity index (χ0v) is 17.1. The fourth-order valence-corrected chi connectivity index (χ4v) is 2.47. The summed E-state index contributed by atoms with van der Waals surface area (Å²) >= 11 is 0. The van der Waals surface area contributed by atoms with Crippen molar-refractivity contribution in [3.63, 3.8) is 0 Å². The maximum Gasteiger partial charge on any atom is 0.294 e. The molecule has 0 aromatic heterocycles. The van der Waals surface area contributed by atoms with Crippen LogP contribution in [-0.2, 0) is 9.63 Å². The average Bonchev–Trinajstić information content (AvgIpc) is 2.58. The lowest BCUT2D eigenvalue weighted by Crippen LogP contribution is -2.48. The van der Waals surface area contributed by atoms with E-state index in [9.17, 15) is 20.0 Å². The van der Waals surface area contributed by atoms with Gasteiger partial charge in [0.15, 0.2) is 0 Å². The molecule has 0 fully saturated rings. The van der Waals surface area contributed by atoms with Gasteiger partial charge in [0.1, 0.15) is 24.1 Å². The number of likely N-dealkylation sites (N-methyl/N-ethyl adjacent to an activating group) is 1. The third-order valence-corrected chi connectivity index (χ3v) is 3.90. The minimum atomic E-state index is -0.927. The van der Waals surface area contributed by atoms with E-state index in [1.807, 2.05) is 26.8 Å². The largest absolute Gasteiger partial charge is 0.487 e. The fraction of sp³-hybridized carbons (Fsp3) is 0.632. The minimum absolute atomic E-state index is 0.0498. The molecular formula is C19H31N3O6. The first kappa shape index (κ1) is 23.6. The summed E-state index contributed by atoms with van der Waals surface area (Å²) in [5.74, 6) is 0.234. The molecule has 1 amide bonds. The van der Waals surface area contributed by atoms with Crippen molar-refractivity contribution in [1.82, 2.24) is 10.2 Å². The molecule has 0 spiro atoms. The van der Waals surface area contributed by atoms with Crippen LogP contribution in [0.2, 0.25) is 0 Å². The van der Waals surface area contributed by atoms with Crippen LogP contribution in [0.1, 0.15) is 34.1 Å². The number of aliphatic hydroxyl groups excluding tert-OH is 1. The Kier molecular flexibility index (Phi) is 9.14. The number of rotatable bonds is 11. The number of ether oxygens (including phenoxy) is 1. The smallest absolute Gasteiger partial charge is 0.294 e. The van der Waals surface area contributed by atoms with E-state index < -0.39 is 23.4 Å². The number of amides is 1. The van der Waals surface area contributed by atoms with E-state index in [1.54, 1.807) is 24.3 Å². The van der Waals surface area contributed by atoms with Gasteiger partial charge in [-0.3, -0.25) is 4.79 Å². The second-order valence-electron chi connectivity index (χ2n) is 7.79. The number of aliphatic hydroxyl groups is 1. The van der Waals surface area contributed by atoms with Crippen molar-refractivity contribution < 1.29 is 24.6 Å². The molecule has 158 valence electrons. The summed E-state index contributed by atoms with van der Waals surface area (Å²) in [6, 6.07) is 8.94. The summed E-state index contributed by atoms with van der Waals surface area (Å²) in [4.78, 5) is 28.7. The van der Waals surface area contributed by atoms with Crippen LogP contribution in [0.25, 0.3) is 0 Å². The topological polar surface area (TPSA) is 114 Å². The van der Waals surface area contributed by atoms with E-state index in [-0.39, 0.29) is 31.0 Å². The maximum atomic E-state index is 12.6. The normalized spacial score (nSPS) is 14.6. The lowest BCUT2D eigenvalue weighted by molar-refractivity contribution is -0.767. The fourth-order valence-electron chi connectivity index (χ4n) is 2.47. The van der Waals surface area contributed by atoms with Gasteiger partial charge < -0.3 is 24.9 Å². The highest BCUT2D eigenvalue weighted by atomic mass is 17.0. The number of carbonyl (C=O) groups is 1. The zero-order valence-electron chi connectivity index (χ0n) is 17.1. The second kappa shape index (κ2) is 10.8. The number of hydrogen-bond acceptors (Lipinski definition) is 7. The number of carbonyl (C=O) groups excluding carboxylic acids is 1. The molecule has 0 aliphatic rings. The van der Waals surface area contributed by atoms with Crippen molar-refractivity contribution in [3.05, 3.63) is 40.4 Å². The molecule has 0 radical (unpaired) electrons. The predicted molar refractivity (Wildman–Crippen MR) is 104 cm³/mol. The van der Waals surface area contributed by atoms with Gasteiger partial charge in [0.2, 0.25) is 5.91 Å². The van der Waals surface area contributed by atoms with Gasteiger partial charge in [0.05, 0.1) is 6.42 Å². The Morgan fingerprint density at radius 2 is 1.93 bits per heavy atom. The molecule has 28 heavy (non-hydrogen) atoms. The first-order valence-corrected chi connectivity index (χ1v) is 9.18. The first-order chi connectivity index (χ1) is 13.0. The second-order valence-corrected chi connectivity index (χ2v) is 7.79. The van der Waals surface area contributed by atoms with Crippen LogP contribution in [0, 0.1) is 10.1 Å². The molecule has 1 rings (SSSR count). The van der Waals surface area contributed by atoms with Crippen molar-refractivity contribution in [3.8, 4) is 5.75 Å². The third kappa shape index (κ3) is 9.52. The summed E-state index contributed by atoms with van der Waals surface area (Å²) < 4.78 is 5.85. The summed E-state index contributed by atoms with van der Waals surface area (Å²) in [7, 11) is 1.53. The van der Waals surface area contributed by atoms with Gasteiger partial charge in [-0.05, 0) is 39.8 Å². The van der Waals surface area contributed by atoms with Crippen LogP contribution in [0.3, 0.4) is 0 Å². The monoisotopic (exact) mass is 397 g/mol. The SMILES string of the molecule is CC(CN(C)C(=O)CC(Oc1ccccc1)C(O)CNC(C)(C)C)O[N+](=O)[O-].